The van der Waals surface area contributed by atoms with Gasteiger partial charge < -0.3 is 18.9 Å². The van der Waals surface area contributed by atoms with E-state index in [1.807, 2.05) is 72.8 Å². The van der Waals surface area contributed by atoms with E-state index >= 15 is 4.39 Å². The first-order valence-electron chi connectivity index (χ1n) is 32.4. The quantitative estimate of drug-likeness (QED) is 0.0307. The van der Waals surface area contributed by atoms with E-state index < -0.39 is 23.4 Å². The van der Waals surface area contributed by atoms with E-state index in [4.69, 9.17) is 18.9 Å². The second-order valence-electron chi connectivity index (χ2n) is 23.4. The van der Waals surface area contributed by atoms with E-state index in [1.54, 1.807) is 13.0 Å². The van der Waals surface area contributed by atoms with Crippen molar-refractivity contribution in [3.8, 4) is 28.0 Å². The molecule has 8 heteroatoms. The van der Waals surface area contributed by atoms with Crippen molar-refractivity contribution in [1.82, 2.24) is 5.32 Å². The maximum absolute atomic E-state index is 15.2. The molecule has 2 atom stereocenters. The van der Waals surface area contributed by atoms with Gasteiger partial charge in [0.2, 0.25) is 0 Å². The highest BCUT2D eigenvalue weighted by atomic mass is 19.1. The molecule has 0 spiro atoms. The maximum atomic E-state index is 15.2. The van der Waals surface area contributed by atoms with E-state index in [0.717, 1.165) is 70.6 Å². The van der Waals surface area contributed by atoms with Crippen molar-refractivity contribution in [2.45, 2.75) is 224 Å². The Hall–Kier alpha value is -5.15. The number of rotatable bonds is 45. The van der Waals surface area contributed by atoms with Crippen LogP contribution in [0.5, 0.6) is 5.75 Å². The normalized spacial score (nSPS) is 14.6. The number of Topliss-reactive ketones (excluding diaryl/α,β-unsaturated/α-hetero) is 1. The molecule has 0 aromatic heterocycles. The van der Waals surface area contributed by atoms with Crippen LogP contribution >= 0.6 is 0 Å². The summed E-state index contributed by atoms with van der Waals surface area (Å²) < 4.78 is 40.2. The first-order valence-corrected chi connectivity index (χ1v) is 32.4. The number of ketones is 1. The lowest BCUT2D eigenvalue weighted by Gasteiger charge is -2.33. The molecule has 0 bridgehead atoms. The third-order valence-corrected chi connectivity index (χ3v) is 17.1. The minimum atomic E-state index is -1.28. The van der Waals surface area contributed by atoms with Crippen LogP contribution in [0, 0.1) is 5.82 Å². The standard InChI is InChI=1S/C73H100FNO6/c1-3-4-5-6-7-8-9-10-11-12-13-14-15-16-17-18-21-24-27-36-50-78-51-37-28-25-22-19-20-23-26-29-38-52-79-61-48-49-67-66-46-34-35-47-69(66)73(70(67)54-61,59-40-39-41-60(74)53-59)81-57-71(76)58(2)75-55-72(77)80-56-68-64-44-32-30-42-62(64)63-43-31-33-45-65(63)68/h30-35,39-49,53-54,58,68,75H,3-29,36-38,50-52,55-57H2,1-2H3/t58-,73?/m0/s1. The van der Waals surface area contributed by atoms with Gasteiger partial charge in [0.25, 0.3) is 0 Å². The van der Waals surface area contributed by atoms with Crippen molar-refractivity contribution in [2.24, 2.45) is 0 Å². The van der Waals surface area contributed by atoms with Crippen molar-refractivity contribution >= 4 is 11.8 Å². The van der Waals surface area contributed by atoms with Gasteiger partial charge >= 0.3 is 5.97 Å². The molecule has 5 aromatic carbocycles. The number of ether oxygens (including phenoxy) is 4. The Balaban J connectivity index is 0.724. The van der Waals surface area contributed by atoms with Gasteiger partial charge in [0.15, 0.2) is 5.78 Å². The average Bonchev–Trinajstić information content (AvgIpc) is 2.45. The molecule has 0 fully saturated rings. The fourth-order valence-electron chi connectivity index (χ4n) is 12.4. The molecule has 0 radical (unpaired) electrons. The fourth-order valence-corrected chi connectivity index (χ4v) is 12.4. The molecule has 0 heterocycles. The number of esters is 1. The first-order chi connectivity index (χ1) is 39.9. The second-order valence-corrected chi connectivity index (χ2v) is 23.4. The zero-order chi connectivity index (χ0) is 56.6. The van der Waals surface area contributed by atoms with Crippen LogP contribution < -0.4 is 10.1 Å². The van der Waals surface area contributed by atoms with Gasteiger partial charge in [-0.2, -0.15) is 0 Å². The average molecular weight is 1110 g/mol. The molecule has 2 aliphatic carbocycles. The zero-order valence-electron chi connectivity index (χ0n) is 49.9. The summed E-state index contributed by atoms with van der Waals surface area (Å²) in [4.78, 5) is 27.0. The Kier molecular flexibility index (Phi) is 28.5. The number of carbonyl (C=O) groups excluding carboxylic acids is 2. The molecule has 1 unspecified atom stereocenters. The summed E-state index contributed by atoms with van der Waals surface area (Å²) in [7, 11) is 0. The summed E-state index contributed by atoms with van der Waals surface area (Å²) in [6.07, 6.45) is 40.4. The number of halogens is 1. The molecule has 0 saturated carbocycles. The molecule has 7 nitrogen and oxygen atoms in total. The van der Waals surface area contributed by atoms with Crippen molar-refractivity contribution in [1.29, 1.82) is 0 Å². The molecule has 440 valence electrons. The van der Waals surface area contributed by atoms with Gasteiger partial charge in [0.1, 0.15) is 30.4 Å². The Morgan fingerprint density at radius 2 is 0.975 bits per heavy atom. The van der Waals surface area contributed by atoms with Crippen LogP contribution in [-0.2, 0) is 29.4 Å². The van der Waals surface area contributed by atoms with E-state index in [0.29, 0.717) is 17.9 Å². The molecule has 0 amide bonds. The van der Waals surface area contributed by atoms with Crippen molar-refractivity contribution in [3.63, 3.8) is 0 Å². The van der Waals surface area contributed by atoms with Gasteiger partial charge in [-0.05, 0) is 89.4 Å². The predicted octanol–water partition coefficient (Wildman–Crippen LogP) is 19.1. The number of hydrogen-bond acceptors (Lipinski definition) is 7. The van der Waals surface area contributed by atoms with Crippen LogP contribution in [0.1, 0.15) is 240 Å². The van der Waals surface area contributed by atoms with Crippen LogP contribution in [0.2, 0.25) is 0 Å². The van der Waals surface area contributed by atoms with E-state index in [1.165, 1.54) is 192 Å². The minimum absolute atomic E-state index is 0.0552. The Bertz CT molecular complexity index is 2550. The van der Waals surface area contributed by atoms with Crippen LogP contribution in [0.25, 0.3) is 22.3 Å². The van der Waals surface area contributed by atoms with Gasteiger partial charge in [0, 0.05) is 30.3 Å². The van der Waals surface area contributed by atoms with E-state index in [-0.39, 0.29) is 31.5 Å². The minimum Gasteiger partial charge on any atom is -0.494 e. The SMILES string of the molecule is CCCCCCCCCCCCCCCCCCCCCCOCCCCCCCCCCCCOc1ccc2c(c1)C(OCC(=O)[C@H](C)NCC(=O)OCC1c3ccccc3-c3ccccc31)(c1cccc(F)c1)c1ccccc1-2. The highest BCUT2D eigenvalue weighted by Gasteiger charge is 2.47. The lowest BCUT2D eigenvalue weighted by molar-refractivity contribution is -0.143. The number of unbranched alkanes of at least 4 members (excludes halogenated alkanes) is 28. The third-order valence-electron chi connectivity index (χ3n) is 17.1. The predicted molar refractivity (Wildman–Crippen MR) is 332 cm³/mol. The number of fused-ring (bicyclic) bond motifs is 6. The van der Waals surface area contributed by atoms with Gasteiger partial charge in [0.05, 0.1) is 19.2 Å². The number of benzene rings is 5. The second kappa shape index (κ2) is 36.4. The third kappa shape index (κ3) is 20.0. The molecule has 7 rings (SSSR count). The van der Waals surface area contributed by atoms with Crippen molar-refractivity contribution < 1.29 is 32.9 Å². The zero-order valence-corrected chi connectivity index (χ0v) is 49.9. The van der Waals surface area contributed by atoms with Crippen LogP contribution in [0.4, 0.5) is 4.39 Å². The summed E-state index contributed by atoms with van der Waals surface area (Å²) >= 11 is 0. The number of carbonyl (C=O) groups is 2. The maximum Gasteiger partial charge on any atom is 0.319 e. The molecule has 81 heavy (non-hydrogen) atoms. The topological polar surface area (TPSA) is 83.1 Å². The van der Waals surface area contributed by atoms with Crippen LogP contribution in [-0.4, -0.2) is 57.4 Å². The molecule has 5 aromatic rings. The molecular weight excluding hydrogens is 1010 g/mol. The monoisotopic (exact) mass is 1110 g/mol. The van der Waals surface area contributed by atoms with Gasteiger partial charge in [-0.25, -0.2) is 4.39 Å². The molecular formula is C73H100FNO6. The summed E-state index contributed by atoms with van der Waals surface area (Å²) in [6.45, 7) is 6.23. The lowest BCUT2D eigenvalue weighted by atomic mass is 9.83. The first kappa shape index (κ1) is 63.4. The van der Waals surface area contributed by atoms with Crippen LogP contribution in [0.3, 0.4) is 0 Å². The summed E-state index contributed by atoms with van der Waals surface area (Å²) in [5, 5.41) is 3.07. The largest absolute Gasteiger partial charge is 0.494 e. The van der Waals surface area contributed by atoms with Crippen LogP contribution in [0.15, 0.2) is 115 Å². The van der Waals surface area contributed by atoms with Crippen molar-refractivity contribution in [3.05, 3.63) is 149 Å². The Morgan fingerprint density at radius 3 is 1.51 bits per heavy atom. The lowest BCUT2D eigenvalue weighted by Crippen LogP contribution is -2.42. The highest BCUT2D eigenvalue weighted by Crippen LogP contribution is 2.54. The summed E-state index contributed by atoms with van der Waals surface area (Å²) in [5.41, 5.74) is 7.43. The van der Waals surface area contributed by atoms with Crippen molar-refractivity contribution in [2.75, 3.05) is 39.6 Å². The molecule has 2 aliphatic rings. The Labute approximate surface area is 488 Å². The van der Waals surface area contributed by atoms with Gasteiger partial charge in [-0.3, -0.25) is 14.9 Å². The Morgan fingerprint density at radius 1 is 0.506 bits per heavy atom. The van der Waals surface area contributed by atoms with E-state index in [9.17, 15) is 9.59 Å². The fraction of sp³-hybridized carbons (Fsp3) is 0.562. The summed E-state index contributed by atoms with van der Waals surface area (Å²) in [6, 6.07) is 36.2. The van der Waals surface area contributed by atoms with E-state index in [2.05, 4.69) is 36.5 Å². The number of nitrogens with one attached hydrogen (secondary N) is 1. The highest BCUT2D eigenvalue weighted by molar-refractivity contribution is 5.87. The smallest absolute Gasteiger partial charge is 0.319 e. The summed E-state index contributed by atoms with van der Waals surface area (Å²) in [5.74, 6) is -0.437. The van der Waals surface area contributed by atoms with Gasteiger partial charge in [-0.1, -0.05) is 271 Å². The van der Waals surface area contributed by atoms with Gasteiger partial charge in [-0.15, -0.1) is 0 Å². The number of hydrogen-bond donors (Lipinski definition) is 1. The molecule has 0 aliphatic heterocycles. The molecule has 0 saturated heterocycles. The molecule has 1 N–H and O–H groups in total.